The summed E-state index contributed by atoms with van der Waals surface area (Å²) in [5.41, 5.74) is 5.06. The van der Waals surface area contributed by atoms with Crippen LogP contribution in [-0.2, 0) is 30.9 Å². The van der Waals surface area contributed by atoms with Gasteiger partial charge in [0.1, 0.15) is 0 Å². The first-order valence-corrected chi connectivity index (χ1v) is 11.2. The van der Waals surface area contributed by atoms with Crippen molar-refractivity contribution in [3.63, 3.8) is 0 Å². The smallest absolute Gasteiger partial charge is 0.191 e. The van der Waals surface area contributed by atoms with Gasteiger partial charge in [-0.1, -0.05) is 48.5 Å². The summed E-state index contributed by atoms with van der Waals surface area (Å²) in [6.45, 7) is 6.81. The predicted octanol–water partition coefficient (Wildman–Crippen LogP) is 3.25. The summed E-state index contributed by atoms with van der Waals surface area (Å²) in [6, 6.07) is 19.1. The van der Waals surface area contributed by atoms with Crippen molar-refractivity contribution in [2.24, 2.45) is 4.99 Å². The number of aromatic nitrogens is 2. The van der Waals surface area contributed by atoms with Crippen LogP contribution in [0.2, 0.25) is 0 Å². The van der Waals surface area contributed by atoms with Crippen molar-refractivity contribution < 1.29 is 4.74 Å². The number of nitrogens with zero attached hydrogens (tertiary/aromatic N) is 4. The molecule has 0 unspecified atom stereocenters. The Bertz CT molecular complexity index is 1000. The molecule has 176 valence electrons. The predicted molar refractivity (Wildman–Crippen MR) is 143 cm³/mol. The van der Waals surface area contributed by atoms with Gasteiger partial charge in [0.15, 0.2) is 5.96 Å². The molecule has 2 aromatic carbocycles. The van der Waals surface area contributed by atoms with Gasteiger partial charge < -0.3 is 15.4 Å². The minimum Gasteiger partial charge on any atom is -0.379 e. The standard InChI is InChI=1S/C25H32N6O.HI/c1-26-25(28-18-23-8-2-3-9-24(23)20-31-11-5-10-29-31)27-17-21-6-4-7-22(16-21)19-30-12-14-32-15-13-30;/h2-11,16H,12-15,17-20H2,1H3,(H2,26,27,28);1H. The molecule has 1 aliphatic rings. The maximum Gasteiger partial charge on any atom is 0.191 e. The number of benzene rings is 2. The lowest BCUT2D eigenvalue weighted by molar-refractivity contribution is 0.0342. The second-order valence-corrected chi connectivity index (χ2v) is 7.96. The zero-order chi connectivity index (χ0) is 22.0. The van der Waals surface area contributed by atoms with E-state index in [1.54, 1.807) is 7.05 Å². The van der Waals surface area contributed by atoms with Crippen LogP contribution >= 0.6 is 24.0 Å². The minimum absolute atomic E-state index is 0. The highest BCUT2D eigenvalue weighted by atomic mass is 127. The highest BCUT2D eigenvalue weighted by molar-refractivity contribution is 14.0. The van der Waals surface area contributed by atoms with E-state index in [0.29, 0.717) is 6.54 Å². The third-order valence-electron chi connectivity index (χ3n) is 5.64. The van der Waals surface area contributed by atoms with Crippen molar-refractivity contribution in [1.82, 2.24) is 25.3 Å². The quantitative estimate of drug-likeness (QED) is 0.252. The fourth-order valence-electron chi connectivity index (χ4n) is 3.89. The third-order valence-corrected chi connectivity index (χ3v) is 5.64. The molecule has 2 N–H and O–H groups in total. The van der Waals surface area contributed by atoms with Crippen LogP contribution in [0.5, 0.6) is 0 Å². The van der Waals surface area contributed by atoms with Crippen molar-refractivity contribution in [3.05, 3.63) is 89.2 Å². The summed E-state index contributed by atoms with van der Waals surface area (Å²) in [5, 5.41) is 11.2. The van der Waals surface area contributed by atoms with E-state index in [2.05, 4.69) is 74.2 Å². The summed E-state index contributed by atoms with van der Waals surface area (Å²) in [5.74, 6) is 0.789. The van der Waals surface area contributed by atoms with Gasteiger partial charge in [-0.25, -0.2) is 0 Å². The molecule has 0 bridgehead atoms. The first-order valence-electron chi connectivity index (χ1n) is 11.2. The van der Waals surface area contributed by atoms with Crippen LogP contribution in [0, 0.1) is 0 Å². The lowest BCUT2D eigenvalue weighted by Gasteiger charge is -2.26. The number of aliphatic imine (C=N–C) groups is 1. The molecule has 8 heteroatoms. The third kappa shape index (κ3) is 7.83. The molecule has 33 heavy (non-hydrogen) atoms. The second-order valence-electron chi connectivity index (χ2n) is 7.96. The maximum atomic E-state index is 5.45. The Balaban J connectivity index is 0.00000306. The molecule has 7 nitrogen and oxygen atoms in total. The number of hydrogen-bond acceptors (Lipinski definition) is 4. The topological polar surface area (TPSA) is 66.7 Å². The lowest BCUT2D eigenvalue weighted by atomic mass is 10.1. The molecule has 1 saturated heterocycles. The molecule has 0 saturated carbocycles. The molecule has 1 aliphatic heterocycles. The van der Waals surface area contributed by atoms with Crippen LogP contribution in [0.25, 0.3) is 0 Å². The Morgan fingerprint density at radius 2 is 1.70 bits per heavy atom. The van der Waals surface area contributed by atoms with Gasteiger partial charge in [-0.3, -0.25) is 14.6 Å². The van der Waals surface area contributed by atoms with Crippen LogP contribution in [-0.4, -0.2) is 54.0 Å². The largest absolute Gasteiger partial charge is 0.379 e. The first-order chi connectivity index (χ1) is 15.8. The molecule has 0 amide bonds. The number of rotatable bonds is 8. The van der Waals surface area contributed by atoms with Gasteiger partial charge in [0, 0.05) is 52.2 Å². The molecule has 3 aromatic rings. The zero-order valence-corrected chi connectivity index (χ0v) is 21.4. The lowest BCUT2D eigenvalue weighted by Crippen LogP contribution is -2.36. The van der Waals surface area contributed by atoms with Gasteiger partial charge in [-0.15, -0.1) is 24.0 Å². The Hall–Kier alpha value is -2.43. The van der Waals surface area contributed by atoms with Gasteiger partial charge in [0.25, 0.3) is 0 Å². The molecule has 0 aliphatic carbocycles. The van der Waals surface area contributed by atoms with E-state index < -0.39 is 0 Å². The van der Waals surface area contributed by atoms with Crippen LogP contribution in [0.3, 0.4) is 0 Å². The number of guanidine groups is 1. The molecular weight excluding hydrogens is 527 g/mol. The van der Waals surface area contributed by atoms with Gasteiger partial charge in [0.05, 0.1) is 19.8 Å². The number of morpholine rings is 1. The van der Waals surface area contributed by atoms with Crippen LogP contribution in [0.15, 0.2) is 72.0 Å². The van der Waals surface area contributed by atoms with Gasteiger partial charge >= 0.3 is 0 Å². The summed E-state index contributed by atoms with van der Waals surface area (Å²) in [7, 11) is 1.81. The molecule has 1 fully saturated rings. The fourth-order valence-corrected chi connectivity index (χ4v) is 3.89. The molecule has 0 radical (unpaired) electrons. The SMILES string of the molecule is CN=C(NCc1cccc(CN2CCOCC2)c1)NCc1ccccc1Cn1cccn1.I. The maximum absolute atomic E-state index is 5.45. The van der Waals surface area contributed by atoms with Crippen molar-refractivity contribution in [3.8, 4) is 0 Å². The zero-order valence-electron chi connectivity index (χ0n) is 19.1. The Morgan fingerprint density at radius 1 is 0.939 bits per heavy atom. The average Bonchev–Trinajstić information content (AvgIpc) is 3.34. The molecular formula is C25H33IN6O. The Kier molecular flexibility index (Phi) is 10.2. The normalized spacial score (nSPS) is 14.5. The van der Waals surface area contributed by atoms with Gasteiger partial charge in [-0.2, -0.15) is 5.10 Å². The van der Waals surface area contributed by atoms with E-state index in [9.17, 15) is 0 Å². The highest BCUT2D eigenvalue weighted by Gasteiger charge is 2.11. The summed E-state index contributed by atoms with van der Waals surface area (Å²) in [6.07, 6.45) is 3.79. The molecule has 1 aromatic heterocycles. The van der Waals surface area contributed by atoms with Crippen molar-refractivity contribution >= 4 is 29.9 Å². The second kappa shape index (κ2) is 13.3. The first kappa shape index (κ1) is 25.2. The Labute approximate surface area is 213 Å². The van der Waals surface area contributed by atoms with Gasteiger partial charge in [0.2, 0.25) is 0 Å². The van der Waals surface area contributed by atoms with Crippen molar-refractivity contribution in [2.45, 2.75) is 26.2 Å². The minimum atomic E-state index is 0. The van der Waals surface area contributed by atoms with Crippen LogP contribution in [0.4, 0.5) is 0 Å². The van der Waals surface area contributed by atoms with E-state index in [-0.39, 0.29) is 24.0 Å². The number of ether oxygens (including phenoxy) is 1. The molecule has 0 spiro atoms. The van der Waals surface area contributed by atoms with Gasteiger partial charge in [-0.05, 0) is 28.3 Å². The van der Waals surface area contributed by atoms with E-state index in [0.717, 1.165) is 51.9 Å². The molecule has 0 atom stereocenters. The number of hydrogen-bond donors (Lipinski definition) is 2. The van der Waals surface area contributed by atoms with E-state index >= 15 is 0 Å². The molecule has 4 rings (SSSR count). The van der Waals surface area contributed by atoms with E-state index in [1.807, 2.05) is 23.1 Å². The Morgan fingerprint density at radius 3 is 2.45 bits per heavy atom. The van der Waals surface area contributed by atoms with E-state index in [4.69, 9.17) is 4.74 Å². The summed E-state index contributed by atoms with van der Waals surface area (Å²) in [4.78, 5) is 6.84. The monoisotopic (exact) mass is 560 g/mol. The summed E-state index contributed by atoms with van der Waals surface area (Å²) >= 11 is 0. The number of nitrogens with one attached hydrogen (secondary N) is 2. The van der Waals surface area contributed by atoms with Crippen molar-refractivity contribution in [2.75, 3.05) is 33.4 Å². The highest BCUT2D eigenvalue weighted by Crippen LogP contribution is 2.11. The summed E-state index contributed by atoms with van der Waals surface area (Å²) < 4.78 is 7.39. The molecule has 2 heterocycles. The average molecular weight is 560 g/mol. The fraction of sp³-hybridized carbons (Fsp3) is 0.360. The van der Waals surface area contributed by atoms with Crippen molar-refractivity contribution in [1.29, 1.82) is 0 Å². The van der Waals surface area contributed by atoms with Crippen LogP contribution in [0.1, 0.15) is 22.3 Å². The van der Waals surface area contributed by atoms with Crippen LogP contribution < -0.4 is 10.6 Å². The van der Waals surface area contributed by atoms with E-state index in [1.165, 1.54) is 22.3 Å². The number of halogens is 1.